The van der Waals surface area contributed by atoms with Crippen LogP contribution in [0.5, 0.6) is 0 Å². The summed E-state index contributed by atoms with van der Waals surface area (Å²) in [5.74, 6) is -3.04. The van der Waals surface area contributed by atoms with Gasteiger partial charge in [-0.2, -0.15) is 0 Å². The average Bonchev–Trinajstić information content (AvgIpc) is 3.21. The summed E-state index contributed by atoms with van der Waals surface area (Å²) in [7, 11) is 0. The van der Waals surface area contributed by atoms with Crippen LogP contribution in [-0.2, 0) is 35.1 Å². The molecule has 3 atom stereocenters. The van der Waals surface area contributed by atoms with Crippen molar-refractivity contribution in [1.29, 1.82) is 0 Å². The number of ether oxygens (including phenoxy) is 1. The monoisotopic (exact) mass is 505 g/mol. The summed E-state index contributed by atoms with van der Waals surface area (Å²) in [6.07, 6.45) is 0.556. The van der Waals surface area contributed by atoms with Crippen LogP contribution in [0.15, 0.2) is 30.3 Å². The number of hydrazine groups is 1. The molecule has 2 heterocycles. The summed E-state index contributed by atoms with van der Waals surface area (Å²) in [5, 5.41) is 13.7. The van der Waals surface area contributed by atoms with Crippen LogP contribution >= 0.6 is 11.8 Å². The summed E-state index contributed by atoms with van der Waals surface area (Å²) in [6, 6.07) is 7.13. The summed E-state index contributed by atoms with van der Waals surface area (Å²) in [4.78, 5) is 62.7. The van der Waals surface area contributed by atoms with Crippen molar-refractivity contribution in [2.75, 3.05) is 12.5 Å². The fourth-order valence-electron chi connectivity index (χ4n) is 3.91. The largest absolute Gasteiger partial charge is 0.480 e. The number of benzene rings is 1. The third-order valence-corrected chi connectivity index (χ3v) is 6.89. The van der Waals surface area contributed by atoms with Crippen molar-refractivity contribution in [3.8, 4) is 0 Å². The third kappa shape index (κ3) is 6.53. The Labute approximate surface area is 208 Å². The summed E-state index contributed by atoms with van der Waals surface area (Å²) in [5.41, 5.74) is 0.209. The van der Waals surface area contributed by atoms with Gasteiger partial charge in [0.1, 0.15) is 12.0 Å². The van der Waals surface area contributed by atoms with Gasteiger partial charge in [-0.1, -0.05) is 30.3 Å². The van der Waals surface area contributed by atoms with E-state index in [0.717, 1.165) is 22.3 Å². The Balaban J connectivity index is 1.73. The van der Waals surface area contributed by atoms with Crippen molar-refractivity contribution in [3.63, 3.8) is 0 Å². The molecule has 2 aliphatic heterocycles. The molecule has 2 unspecified atom stereocenters. The second-order valence-corrected chi connectivity index (χ2v) is 10.7. The molecule has 1 aromatic carbocycles. The molecule has 2 saturated heterocycles. The standard InChI is InChI=1S/C24H31N3O7S/c1-24(2,3)23(33)34-14-35-18(13-15-7-5-4-6-8-15)20(29)25-16-9-10-19(28)26-12-11-17(22(31)32)27(26)21(16)30/h4-8,16-18H,9-14H2,1-3H3,(H,25,29)(H,31,32)/t16?,17?,18-/m0/s1. The Hall–Kier alpha value is -3.08. The Kier molecular flexibility index (Phi) is 8.42. The van der Waals surface area contributed by atoms with Gasteiger partial charge in [0.2, 0.25) is 11.8 Å². The zero-order valence-electron chi connectivity index (χ0n) is 20.1. The Bertz CT molecular complexity index is 979. The molecule has 2 N–H and O–H groups in total. The van der Waals surface area contributed by atoms with Crippen LogP contribution in [0.1, 0.15) is 45.6 Å². The van der Waals surface area contributed by atoms with Crippen molar-refractivity contribution in [3.05, 3.63) is 35.9 Å². The SMILES string of the molecule is CC(C)(C)C(=O)OCS[C@@H](Cc1ccccc1)C(=O)NC1CCC(=O)N2CCC(C(=O)O)N2C1=O. The van der Waals surface area contributed by atoms with E-state index in [0.29, 0.717) is 6.42 Å². The first kappa shape index (κ1) is 26.5. The van der Waals surface area contributed by atoms with Crippen molar-refractivity contribution >= 4 is 41.4 Å². The van der Waals surface area contributed by atoms with Gasteiger partial charge in [-0.15, -0.1) is 11.8 Å². The number of nitrogens with zero attached hydrogens (tertiary/aromatic N) is 2. The number of amides is 3. The summed E-state index contributed by atoms with van der Waals surface area (Å²) >= 11 is 1.14. The number of hydrogen-bond acceptors (Lipinski definition) is 7. The number of fused-ring (bicyclic) bond motifs is 1. The highest BCUT2D eigenvalue weighted by Gasteiger charge is 2.47. The summed E-state index contributed by atoms with van der Waals surface area (Å²) in [6.45, 7) is 5.35. The number of carbonyl (C=O) groups excluding carboxylic acids is 4. The normalized spacial score (nSPS) is 21.2. The van der Waals surface area contributed by atoms with Gasteiger partial charge < -0.3 is 15.2 Å². The van der Waals surface area contributed by atoms with Crippen molar-refractivity contribution in [1.82, 2.24) is 15.3 Å². The van der Waals surface area contributed by atoms with E-state index < -0.39 is 46.5 Å². The minimum absolute atomic E-state index is 0.0131. The zero-order chi connectivity index (χ0) is 25.8. The molecule has 0 bridgehead atoms. The van der Waals surface area contributed by atoms with E-state index in [1.54, 1.807) is 20.8 Å². The number of thioether (sulfide) groups is 1. The maximum Gasteiger partial charge on any atom is 0.328 e. The molecule has 190 valence electrons. The maximum atomic E-state index is 13.3. The van der Waals surface area contributed by atoms with Gasteiger partial charge >= 0.3 is 11.9 Å². The molecule has 35 heavy (non-hydrogen) atoms. The highest BCUT2D eigenvalue weighted by atomic mass is 32.2. The van der Waals surface area contributed by atoms with E-state index in [1.165, 1.54) is 5.01 Å². The lowest BCUT2D eigenvalue weighted by molar-refractivity contribution is -0.166. The van der Waals surface area contributed by atoms with E-state index in [9.17, 15) is 29.1 Å². The molecule has 0 saturated carbocycles. The lowest BCUT2D eigenvalue weighted by atomic mass is 9.98. The van der Waals surface area contributed by atoms with E-state index in [-0.39, 0.29) is 37.7 Å². The number of carboxylic acid groups (broad SMARTS) is 1. The smallest absolute Gasteiger partial charge is 0.328 e. The molecule has 0 spiro atoms. The van der Waals surface area contributed by atoms with Gasteiger partial charge in [0.25, 0.3) is 5.91 Å². The molecular weight excluding hydrogens is 474 g/mol. The number of rotatable bonds is 8. The second-order valence-electron chi connectivity index (χ2n) is 9.59. The molecular formula is C24H31N3O7S. The van der Waals surface area contributed by atoms with Gasteiger partial charge in [0, 0.05) is 19.4 Å². The Morgan fingerprint density at radius 3 is 2.49 bits per heavy atom. The van der Waals surface area contributed by atoms with Crippen LogP contribution in [0.25, 0.3) is 0 Å². The molecule has 10 nitrogen and oxygen atoms in total. The maximum absolute atomic E-state index is 13.3. The Morgan fingerprint density at radius 1 is 1.17 bits per heavy atom. The van der Waals surface area contributed by atoms with Crippen molar-refractivity contribution in [2.24, 2.45) is 5.41 Å². The van der Waals surface area contributed by atoms with Crippen molar-refractivity contribution in [2.45, 2.75) is 63.8 Å². The highest BCUT2D eigenvalue weighted by Crippen LogP contribution is 2.26. The molecule has 3 amide bonds. The van der Waals surface area contributed by atoms with Gasteiger partial charge in [-0.05, 0) is 39.2 Å². The third-order valence-electron chi connectivity index (χ3n) is 5.86. The number of carboxylic acids is 1. The Morgan fingerprint density at radius 2 is 1.86 bits per heavy atom. The van der Waals surface area contributed by atoms with Gasteiger partial charge in [0.15, 0.2) is 6.04 Å². The minimum Gasteiger partial charge on any atom is -0.480 e. The molecule has 1 aromatic rings. The number of hydrogen-bond donors (Lipinski definition) is 2. The van der Waals surface area contributed by atoms with Gasteiger partial charge in [-0.3, -0.25) is 24.2 Å². The van der Waals surface area contributed by atoms with Crippen molar-refractivity contribution < 1.29 is 33.8 Å². The number of nitrogens with one attached hydrogen (secondary N) is 1. The first-order chi connectivity index (χ1) is 16.5. The lowest BCUT2D eigenvalue weighted by Gasteiger charge is -2.30. The zero-order valence-corrected chi connectivity index (χ0v) is 20.9. The molecule has 0 radical (unpaired) electrons. The predicted octanol–water partition coefficient (Wildman–Crippen LogP) is 1.59. The molecule has 0 aliphatic carbocycles. The predicted molar refractivity (Wildman–Crippen MR) is 128 cm³/mol. The van der Waals surface area contributed by atoms with E-state index >= 15 is 0 Å². The van der Waals surface area contributed by atoms with E-state index in [2.05, 4.69) is 5.32 Å². The first-order valence-corrected chi connectivity index (χ1v) is 12.5. The highest BCUT2D eigenvalue weighted by molar-refractivity contribution is 8.00. The topological polar surface area (TPSA) is 133 Å². The molecule has 11 heteroatoms. The fourth-order valence-corrected chi connectivity index (χ4v) is 4.78. The molecule has 2 fully saturated rings. The van der Waals surface area contributed by atoms with E-state index in [4.69, 9.17) is 4.74 Å². The van der Waals surface area contributed by atoms with Crippen LogP contribution in [0.4, 0.5) is 0 Å². The van der Waals surface area contributed by atoms with Crippen LogP contribution < -0.4 is 5.32 Å². The fraction of sp³-hybridized carbons (Fsp3) is 0.542. The number of carbonyl (C=O) groups is 5. The first-order valence-electron chi connectivity index (χ1n) is 11.5. The van der Waals surface area contributed by atoms with Crippen LogP contribution in [0, 0.1) is 5.41 Å². The van der Waals surface area contributed by atoms with Gasteiger partial charge in [0.05, 0.1) is 10.7 Å². The quantitative estimate of drug-likeness (QED) is 0.402. The number of esters is 1. The lowest BCUT2D eigenvalue weighted by Crippen LogP contribution is -2.55. The molecule has 2 aliphatic rings. The second kappa shape index (κ2) is 11.1. The number of aliphatic carboxylic acids is 1. The van der Waals surface area contributed by atoms with Gasteiger partial charge in [-0.25, -0.2) is 9.80 Å². The van der Waals surface area contributed by atoms with Crippen LogP contribution in [0.2, 0.25) is 0 Å². The molecule has 0 aromatic heterocycles. The summed E-state index contributed by atoms with van der Waals surface area (Å²) < 4.78 is 5.32. The minimum atomic E-state index is -1.20. The van der Waals surface area contributed by atoms with Crippen LogP contribution in [-0.4, -0.2) is 74.6 Å². The average molecular weight is 506 g/mol. The van der Waals surface area contributed by atoms with E-state index in [1.807, 2.05) is 30.3 Å². The van der Waals surface area contributed by atoms with Crippen LogP contribution in [0.3, 0.4) is 0 Å². The molecule has 3 rings (SSSR count).